The first-order chi connectivity index (χ1) is 25.1. The summed E-state index contributed by atoms with van der Waals surface area (Å²) < 4.78 is 2.53. The van der Waals surface area contributed by atoms with Crippen LogP contribution in [0, 0.1) is 0 Å². The van der Waals surface area contributed by atoms with E-state index in [2.05, 4.69) is 165 Å². The van der Waals surface area contributed by atoms with Gasteiger partial charge >= 0.3 is 0 Å². The summed E-state index contributed by atoms with van der Waals surface area (Å²) in [5.41, 5.74) is 13.8. The molecule has 240 valence electrons. The molecule has 0 radical (unpaired) electrons. The lowest BCUT2D eigenvalue weighted by atomic mass is 9.74. The molecule has 0 aliphatic heterocycles. The molecule has 0 fully saturated rings. The Morgan fingerprint density at radius 3 is 1.90 bits per heavy atom. The van der Waals surface area contributed by atoms with Crippen LogP contribution in [0.25, 0.3) is 76.3 Å². The fraction of sp³-hybridized carbons (Fsp3) is 0.0417. The van der Waals surface area contributed by atoms with Gasteiger partial charge in [0.15, 0.2) is 5.82 Å². The van der Waals surface area contributed by atoms with Gasteiger partial charge in [-0.15, -0.1) is 11.3 Å². The smallest absolute Gasteiger partial charge is 0.160 e. The number of nitrogens with zero attached hydrogens (tertiary/aromatic N) is 2. The van der Waals surface area contributed by atoms with Crippen molar-refractivity contribution in [2.45, 2.75) is 12.3 Å². The van der Waals surface area contributed by atoms with Crippen molar-refractivity contribution in [2.24, 2.45) is 0 Å². The van der Waals surface area contributed by atoms with Crippen molar-refractivity contribution in [3.8, 4) is 56.2 Å². The molecule has 1 aliphatic rings. The van der Waals surface area contributed by atoms with Crippen molar-refractivity contribution in [1.29, 1.82) is 0 Å². The monoisotopic (exact) mass is 668 g/mol. The largest absolute Gasteiger partial charge is 0.228 e. The van der Waals surface area contributed by atoms with Gasteiger partial charge in [-0.1, -0.05) is 158 Å². The molecule has 51 heavy (non-hydrogen) atoms. The van der Waals surface area contributed by atoms with Crippen molar-refractivity contribution in [2.75, 3.05) is 0 Å². The predicted octanol–water partition coefficient (Wildman–Crippen LogP) is 12.8. The van der Waals surface area contributed by atoms with Gasteiger partial charge in [0, 0.05) is 42.3 Å². The molecule has 2 heterocycles. The number of rotatable bonds is 5. The fourth-order valence-electron chi connectivity index (χ4n) is 7.99. The molecular formula is C48H32N2S. The highest BCUT2D eigenvalue weighted by molar-refractivity contribution is 7.26. The van der Waals surface area contributed by atoms with E-state index in [4.69, 9.17) is 9.97 Å². The molecule has 0 saturated carbocycles. The SMILES string of the molecule is CC1(c2ccccc2)c2ccccc2-c2ccc(-c3ccc(-c4cc(-c5cccc6c5sc5ccccc56)nc(-c5ccccc5)n4)cc3)cc21. The topological polar surface area (TPSA) is 25.8 Å². The van der Waals surface area contributed by atoms with Crippen LogP contribution in [0.1, 0.15) is 23.6 Å². The zero-order valence-electron chi connectivity index (χ0n) is 28.0. The summed E-state index contributed by atoms with van der Waals surface area (Å²) in [6.45, 7) is 2.37. The number of hydrogen-bond acceptors (Lipinski definition) is 3. The molecule has 2 nitrogen and oxygen atoms in total. The maximum absolute atomic E-state index is 5.17. The maximum atomic E-state index is 5.17. The second-order valence-corrected chi connectivity index (χ2v) is 14.5. The van der Waals surface area contributed by atoms with Crippen LogP contribution in [0.15, 0.2) is 176 Å². The summed E-state index contributed by atoms with van der Waals surface area (Å²) in [6, 6.07) is 63.3. The number of thiophene rings is 1. The molecular weight excluding hydrogens is 637 g/mol. The minimum Gasteiger partial charge on any atom is -0.228 e. The highest BCUT2D eigenvalue weighted by Crippen LogP contribution is 2.53. The van der Waals surface area contributed by atoms with Crippen LogP contribution in [0.5, 0.6) is 0 Å². The second-order valence-electron chi connectivity index (χ2n) is 13.5. The Kier molecular flexibility index (Phi) is 6.83. The molecule has 3 heteroatoms. The van der Waals surface area contributed by atoms with Gasteiger partial charge in [-0.05, 0) is 64.1 Å². The maximum Gasteiger partial charge on any atom is 0.160 e. The summed E-state index contributed by atoms with van der Waals surface area (Å²) in [7, 11) is 0. The molecule has 1 unspecified atom stereocenters. The summed E-state index contributed by atoms with van der Waals surface area (Å²) >= 11 is 1.83. The molecule has 9 aromatic rings. The van der Waals surface area contributed by atoms with Gasteiger partial charge in [-0.3, -0.25) is 0 Å². The van der Waals surface area contributed by atoms with Crippen LogP contribution in [0.4, 0.5) is 0 Å². The van der Waals surface area contributed by atoms with E-state index in [9.17, 15) is 0 Å². The van der Waals surface area contributed by atoms with E-state index in [0.29, 0.717) is 0 Å². The van der Waals surface area contributed by atoms with E-state index >= 15 is 0 Å². The van der Waals surface area contributed by atoms with E-state index in [1.54, 1.807) is 0 Å². The Bertz CT molecular complexity index is 2750. The lowest BCUT2D eigenvalue weighted by molar-refractivity contribution is 0.714. The Hall–Kier alpha value is -6.16. The molecule has 10 rings (SSSR count). The Morgan fingerprint density at radius 2 is 1.06 bits per heavy atom. The van der Waals surface area contributed by atoms with Gasteiger partial charge in [-0.25, -0.2) is 9.97 Å². The van der Waals surface area contributed by atoms with E-state index in [-0.39, 0.29) is 5.41 Å². The van der Waals surface area contributed by atoms with Gasteiger partial charge < -0.3 is 0 Å². The normalized spacial score (nSPS) is 14.8. The van der Waals surface area contributed by atoms with E-state index in [0.717, 1.165) is 33.9 Å². The fourth-order valence-corrected chi connectivity index (χ4v) is 9.21. The first-order valence-corrected chi connectivity index (χ1v) is 18.2. The third-order valence-corrected chi connectivity index (χ3v) is 11.8. The van der Waals surface area contributed by atoms with E-state index in [1.165, 1.54) is 59.1 Å². The van der Waals surface area contributed by atoms with Gasteiger partial charge in [0.2, 0.25) is 0 Å². The highest BCUT2D eigenvalue weighted by Gasteiger charge is 2.40. The van der Waals surface area contributed by atoms with Crippen molar-refractivity contribution >= 4 is 31.5 Å². The lowest BCUT2D eigenvalue weighted by Crippen LogP contribution is -2.22. The number of benzene rings is 7. The average Bonchev–Trinajstić information content (AvgIpc) is 3.72. The highest BCUT2D eigenvalue weighted by atomic mass is 32.1. The predicted molar refractivity (Wildman–Crippen MR) is 214 cm³/mol. The molecule has 0 saturated heterocycles. The quantitative estimate of drug-likeness (QED) is 0.182. The van der Waals surface area contributed by atoms with Crippen LogP contribution in [-0.2, 0) is 5.41 Å². The van der Waals surface area contributed by atoms with Crippen molar-refractivity contribution in [3.63, 3.8) is 0 Å². The van der Waals surface area contributed by atoms with Crippen molar-refractivity contribution < 1.29 is 0 Å². The third-order valence-electron chi connectivity index (χ3n) is 10.6. The van der Waals surface area contributed by atoms with Gasteiger partial charge in [0.1, 0.15) is 0 Å². The average molecular weight is 669 g/mol. The van der Waals surface area contributed by atoms with Crippen molar-refractivity contribution in [3.05, 3.63) is 193 Å². The van der Waals surface area contributed by atoms with E-state index < -0.39 is 0 Å². The molecule has 1 aliphatic carbocycles. The summed E-state index contributed by atoms with van der Waals surface area (Å²) in [5.74, 6) is 0.726. The third kappa shape index (κ3) is 4.77. The Labute approximate surface area is 301 Å². The van der Waals surface area contributed by atoms with Crippen LogP contribution >= 0.6 is 11.3 Å². The summed E-state index contributed by atoms with van der Waals surface area (Å²) in [5, 5.41) is 2.55. The molecule has 0 spiro atoms. The summed E-state index contributed by atoms with van der Waals surface area (Å²) in [4.78, 5) is 10.3. The van der Waals surface area contributed by atoms with Gasteiger partial charge in [-0.2, -0.15) is 0 Å². The first kappa shape index (κ1) is 29.7. The van der Waals surface area contributed by atoms with Gasteiger partial charge in [0.25, 0.3) is 0 Å². The molecule has 1 atom stereocenters. The zero-order chi connectivity index (χ0) is 33.9. The molecule has 0 amide bonds. The first-order valence-electron chi connectivity index (χ1n) is 17.4. The van der Waals surface area contributed by atoms with Gasteiger partial charge in [0.05, 0.1) is 11.4 Å². The van der Waals surface area contributed by atoms with Crippen LogP contribution < -0.4 is 0 Å². The molecule has 7 aromatic carbocycles. The van der Waals surface area contributed by atoms with Crippen LogP contribution in [0.2, 0.25) is 0 Å². The number of fused-ring (bicyclic) bond motifs is 6. The molecule has 2 aromatic heterocycles. The number of hydrogen-bond donors (Lipinski definition) is 0. The molecule has 0 N–H and O–H groups in total. The van der Waals surface area contributed by atoms with E-state index in [1.807, 2.05) is 29.5 Å². The minimum atomic E-state index is -0.231. The van der Waals surface area contributed by atoms with Crippen LogP contribution in [-0.4, -0.2) is 9.97 Å². The second kappa shape index (κ2) is 11.7. The van der Waals surface area contributed by atoms with Crippen LogP contribution in [0.3, 0.4) is 0 Å². The summed E-state index contributed by atoms with van der Waals surface area (Å²) in [6.07, 6.45) is 0. The zero-order valence-corrected chi connectivity index (χ0v) is 28.9. The molecule has 0 bridgehead atoms. The lowest BCUT2D eigenvalue weighted by Gasteiger charge is -2.28. The Balaban J connectivity index is 1.08. The standard InChI is InChI=1S/C48H32N2S/c1-48(35-15-6-3-7-16-35)41-21-10-8-17-36(41)37-28-27-34(29-42(37)48)31-23-25-32(26-24-31)43-30-44(50-47(49-43)33-13-4-2-5-14-33)40-20-12-19-39-38-18-9-11-22-45(38)51-46(39)40/h2-30H,1H3. The minimum absolute atomic E-state index is 0.231. The Morgan fingerprint density at radius 1 is 0.431 bits per heavy atom. The number of aromatic nitrogens is 2. The van der Waals surface area contributed by atoms with Crippen molar-refractivity contribution in [1.82, 2.24) is 9.97 Å².